The number of aliphatic hydroxyl groups excluding tert-OH is 2. The highest BCUT2D eigenvalue weighted by Crippen LogP contribution is 2.51. The third-order valence-corrected chi connectivity index (χ3v) is 19.2. The molecular weight excluding hydrogens is 1220 g/mol. The van der Waals surface area contributed by atoms with Gasteiger partial charge in [-0.2, -0.15) is 0 Å². The van der Waals surface area contributed by atoms with Gasteiger partial charge in [0.1, 0.15) is 48.8 Å². The van der Waals surface area contributed by atoms with Crippen molar-refractivity contribution in [1.29, 1.82) is 0 Å². The molecule has 4 aromatic rings. The highest BCUT2D eigenvalue weighted by atomic mass is 31.2. The Labute approximate surface area is 515 Å². The van der Waals surface area contributed by atoms with E-state index in [0.717, 1.165) is 10.8 Å². The molecule has 29 nitrogen and oxygen atoms in total. The number of nitrogens with two attached hydrogens (primary N) is 2. The number of aliphatic hydroxyl groups is 2. The van der Waals surface area contributed by atoms with Crippen LogP contribution in [0.15, 0.2) is 96.0 Å². The second kappa shape index (κ2) is 34.3. The van der Waals surface area contributed by atoms with Crippen molar-refractivity contribution in [3.63, 3.8) is 0 Å². The summed E-state index contributed by atoms with van der Waals surface area (Å²) in [5, 5.41) is 49.6. The van der Waals surface area contributed by atoms with E-state index in [2.05, 4.69) is 42.2 Å². The number of carbonyl (C=O) groups excluding carboxylic acids is 7. The third-order valence-electron chi connectivity index (χ3n) is 14.8. The molecule has 7 amide bonds. The van der Waals surface area contributed by atoms with E-state index in [0.29, 0.717) is 16.7 Å². The largest absolute Gasteiger partial charge is 0.508 e. The molecule has 2 saturated heterocycles. The Morgan fingerprint density at radius 3 is 1.74 bits per heavy atom. The molecule has 18 N–H and O–H groups in total. The summed E-state index contributed by atoms with van der Waals surface area (Å²) in [5.41, 5.74) is 13.2. The first kappa shape index (κ1) is 71.1. The summed E-state index contributed by atoms with van der Waals surface area (Å²) < 4.78 is 24.8. The first-order valence-electron chi connectivity index (χ1n) is 29.0. The standard InChI is InChI=1S/C57H82N13O16P3/c58-57(59)61-21-4-8-47-55(79)67-48(31-41-11-14-42-5-1-2-6-44(42)29-41)53(77)63-33-51(75)64-49(30-39-12-17-45(73)18-13-39)56(80)66-46(54(78)65-47)7-3-20-60-52(76)43-15-9-40(10-16-43)32-62-50(74)19-28-87(81,82)34-68-22-24-69(35-88(83,84)37-71)26-27-70(25-23-68)36-89(85,86)38-72/h1-2,5-6,9-18,29,46-49,71-72,81-82H,3-4,7-8,19-28,30-38H2,(H13-,58,59,60,61,62,63,64,65,66,67,73,74,75,76,77,78,79,80,83,84,85,86)/p+1/t46-,47-,48-,49+/m0/s1. The second-order valence-electron chi connectivity index (χ2n) is 22.2. The maximum Gasteiger partial charge on any atom is 0.282 e. The van der Waals surface area contributed by atoms with E-state index >= 15 is 0 Å². The smallest absolute Gasteiger partial charge is 0.282 e. The maximum atomic E-state index is 14.4. The van der Waals surface area contributed by atoms with Crippen LogP contribution in [0.3, 0.4) is 0 Å². The molecule has 0 spiro atoms. The zero-order valence-corrected chi connectivity index (χ0v) is 52.0. The number of rotatable bonds is 26. The molecule has 2 heterocycles. The SMILES string of the molecule is NC(N)=NCCC[C@@H]1NC(=O)[C@H](CCCNC(=O)c2ccc(CNC(=O)CC[P+](O)(O)CN3CCN(CP(=O)(O)CO)CCN(CP(=O)(O)CO)CC3)cc2)NC(=O)[C@@H](Cc2ccc(O)cc2)NC(=O)CNC(=O)[C@H](Cc2ccc3ccccc3c2)NC1=O. The molecule has 0 aromatic heterocycles. The minimum absolute atomic E-state index is 0.000174. The Balaban J connectivity index is 1.07. The number of hydrogen-bond acceptors (Lipinski definition) is 18. The highest BCUT2D eigenvalue weighted by Gasteiger charge is 2.38. The van der Waals surface area contributed by atoms with Crippen molar-refractivity contribution in [3.05, 3.63) is 113 Å². The summed E-state index contributed by atoms with van der Waals surface area (Å²) in [6, 6.07) is 20.2. The minimum atomic E-state index is -3.93. The first-order chi connectivity index (χ1) is 42.3. The van der Waals surface area contributed by atoms with E-state index in [1.54, 1.807) is 39.0 Å². The van der Waals surface area contributed by atoms with Crippen LogP contribution in [0.5, 0.6) is 5.75 Å². The predicted octanol–water partition coefficient (Wildman–Crippen LogP) is -1.27. The number of guanidine groups is 1. The van der Waals surface area contributed by atoms with Gasteiger partial charge in [-0.1, -0.05) is 66.7 Å². The average Bonchev–Trinajstić information content (AvgIpc) is 3.87. The van der Waals surface area contributed by atoms with E-state index in [1.165, 1.54) is 24.3 Å². The minimum Gasteiger partial charge on any atom is -0.508 e. The molecule has 0 saturated carbocycles. The lowest BCUT2D eigenvalue weighted by Crippen LogP contribution is -2.58. The molecule has 89 heavy (non-hydrogen) atoms. The van der Waals surface area contributed by atoms with Crippen LogP contribution in [0.1, 0.15) is 59.2 Å². The fraction of sp³-hybridized carbons (Fsp3) is 0.474. The van der Waals surface area contributed by atoms with Crippen LogP contribution in [0.25, 0.3) is 10.8 Å². The van der Waals surface area contributed by atoms with E-state index in [1.807, 2.05) is 42.5 Å². The van der Waals surface area contributed by atoms with Crippen molar-refractivity contribution < 1.29 is 77.6 Å². The number of hydrogen-bond donors (Lipinski definition) is 16. The van der Waals surface area contributed by atoms with E-state index < -0.39 is 107 Å². The highest BCUT2D eigenvalue weighted by molar-refractivity contribution is 7.64. The van der Waals surface area contributed by atoms with Gasteiger partial charge < -0.3 is 73.8 Å². The first-order valence-corrected chi connectivity index (χ1v) is 35.2. The van der Waals surface area contributed by atoms with Crippen LogP contribution < -0.4 is 48.7 Å². The summed E-state index contributed by atoms with van der Waals surface area (Å²) in [7, 11) is -11.6. The van der Waals surface area contributed by atoms with Gasteiger partial charge in [0.05, 0.1) is 25.5 Å². The third kappa shape index (κ3) is 24.7. The number of nitrogens with one attached hydrogen (secondary N) is 7. The van der Waals surface area contributed by atoms with E-state index in [9.17, 15) is 77.6 Å². The Hall–Kier alpha value is -6.97. The molecular formula is C57H83N13O16P3+. The Bertz CT molecular complexity index is 3160. The molecule has 0 bridgehead atoms. The van der Waals surface area contributed by atoms with Gasteiger partial charge in [-0.05, 0) is 77.4 Å². The molecule has 2 aliphatic rings. The molecule has 486 valence electrons. The molecule has 32 heteroatoms. The van der Waals surface area contributed by atoms with Gasteiger partial charge in [-0.15, -0.1) is 0 Å². The molecule has 2 unspecified atom stereocenters. The number of aliphatic imine (C=N–C) groups is 1. The molecule has 4 aromatic carbocycles. The molecule has 6 atom stereocenters. The maximum absolute atomic E-state index is 14.4. The van der Waals surface area contributed by atoms with Crippen LogP contribution >= 0.6 is 22.5 Å². The summed E-state index contributed by atoms with van der Waals surface area (Å²) in [4.78, 5) is 148. The number of aromatic hydroxyl groups is 1. The second-order valence-corrected chi connectivity index (χ2v) is 29.2. The van der Waals surface area contributed by atoms with Crippen molar-refractivity contribution in [2.24, 2.45) is 16.5 Å². The lowest BCUT2D eigenvalue weighted by molar-refractivity contribution is -0.134. The topological polar surface area (TPSA) is 454 Å². The zero-order valence-electron chi connectivity index (χ0n) is 49.3. The summed E-state index contributed by atoms with van der Waals surface area (Å²) >= 11 is 0. The summed E-state index contributed by atoms with van der Waals surface area (Å²) in [6.07, 6.45) is -3.27. The predicted molar refractivity (Wildman–Crippen MR) is 334 cm³/mol. The monoisotopic (exact) mass is 1300 g/mol. The van der Waals surface area contributed by atoms with Crippen LogP contribution in [0.2, 0.25) is 0 Å². The summed E-state index contributed by atoms with van der Waals surface area (Å²) in [6.45, 7) is 0.735. The number of phenolic OH excluding ortho intramolecular Hbond substituents is 1. The number of phenols is 1. The van der Waals surface area contributed by atoms with E-state index in [4.69, 9.17) is 11.5 Å². The van der Waals surface area contributed by atoms with Crippen molar-refractivity contribution in [2.75, 3.05) is 96.6 Å². The fourth-order valence-electron chi connectivity index (χ4n) is 9.95. The number of benzene rings is 4. The normalized spacial score (nSPS) is 20.4. The lowest BCUT2D eigenvalue weighted by Gasteiger charge is -2.27. The summed E-state index contributed by atoms with van der Waals surface area (Å²) in [5.74, 6) is -5.00. The molecule has 2 aliphatic heterocycles. The van der Waals surface area contributed by atoms with Gasteiger partial charge in [0.15, 0.2) is 12.2 Å². The van der Waals surface area contributed by atoms with Gasteiger partial charge >= 0.3 is 0 Å². The number of fused-ring (bicyclic) bond motifs is 1. The molecule has 2 fully saturated rings. The molecule has 0 aliphatic carbocycles. The van der Waals surface area contributed by atoms with Crippen LogP contribution in [-0.4, -0.2) is 218 Å². The van der Waals surface area contributed by atoms with Crippen molar-refractivity contribution >= 4 is 80.5 Å². The zero-order chi connectivity index (χ0) is 64.7. The quantitative estimate of drug-likeness (QED) is 0.0151. The number of carbonyl (C=O) groups is 7. The Kier molecular flexibility index (Phi) is 27.4. The van der Waals surface area contributed by atoms with E-state index in [-0.39, 0.29) is 146 Å². The Morgan fingerprint density at radius 1 is 0.629 bits per heavy atom. The van der Waals surface area contributed by atoms with Gasteiger partial charge in [0.2, 0.25) is 50.2 Å². The van der Waals surface area contributed by atoms with Crippen molar-refractivity contribution in [1.82, 2.24) is 51.9 Å². The van der Waals surface area contributed by atoms with Gasteiger partial charge in [0.25, 0.3) is 13.6 Å². The number of amides is 7. The van der Waals surface area contributed by atoms with Crippen molar-refractivity contribution in [2.45, 2.75) is 75.7 Å². The average molecular weight is 1300 g/mol. The van der Waals surface area contributed by atoms with Crippen LogP contribution in [0.4, 0.5) is 0 Å². The van der Waals surface area contributed by atoms with Gasteiger partial charge in [0, 0.05) is 77.3 Å². The van der Waals surface area contributed by atoms with Crippen LogP contribution in [0, 0.1) is 0 Å². The Morgan fingerprint density at radius 2 is 1.15 bits per heavy atom. The molecule has 0 radical (unpaired) electrons. The van der Waals surface area contributed by atoms with Gasteiger partial charge in [-0.25, -0.2) is 9.79 Å². The van der Waals surface area contributed by atoms with Crippen LogP contribution in [-0.2, 0) is 57.3 Å². The fourth-order valence-corrected chi connectivity index (χ4v) is 13.6. The van der Waals surface area contributed by atoms with Gasteiger partial charge in [-0.3, -0.25) is 62.4 Å². The van der Waals surface area contributed by atoms with Crippen molar-refractivity contribution in [3.8, 4) is 5.75 Å². The lowest BCUT2D eigenvalue weighted by atomic mass is 10.0. The molecule has 6 rings (SSSR count). The number of nitrogens with zero attached hydrogens (tertiary/aromatic N) is 4.